The van der Waals surface area contributed by atoms with E-state index in [-0.39, 0.29) is 17.1 Å². The fourth-order valence-corrected chi connectivity index (χ4v) is 6.39. The highest BCUT2D eigenvalue weighted by Gasteiger charge is 2.63. The van der Waals surface area contributed by atoms with Crippen LogP contribution in [0.3, 0.4) is 0 Å². The molecule has 4 heteroatoms. The first kappa shape index (κ1) is 17.3. The van der Waals surface area contributed by atoms with Crippen LogP contribution in [0.15, 0.2) is 18.2 Å². The average molecular weight is 442 g/mol. The Labute approximate surface area is 158 Å². The summed E-state index contributed by atoms with van der Waals surface area (Å²) in [5.41, 5.74) is 4.05. The molecule has 3 nitrogen and oxygen atoms in total. The Bertz CT molecular complexity index is 633. The van der Waals surface area contributed by atoms with Gasteiger partial charge in [0.25, 0.3) is 0 Å². The maximum Gasteiger partial charge on any atom is 0.155 e. The van der Waals surface area contributed by atoms with Gasteiger partial charge in [0, 0.05) is 5.92 Å². The van der Waals surface area contributed by atoms with Gasteiger partial charge in [-0.3, -0.25) is 0 Å². The highest BCUT2D eigenvalue weighted by atomic mass is 127. The van der Waals surface area contributed by atoms with E-state index in [0.29, 0.717) is 11.8 Å². The van der Waals surface area contributed by atoms with Crippen LogP contribution in [0.2, 0.25) is 0 Å². The van der Waals surface area contributed by atoms with Crippen LogP contribution >= 0.6 is 23.0 Å². The molecule has 1 aromatic rings. The molecule has 24 heavy (non-hydrogen) atoms. The number of aliphatic hydroxyl groups excluding tert-OH is 1. The molecule has 5 atom stereocenters. The van der Waals surface area contributed by atoms with E-state index in [2.05, 4.69) is 32.0 Å². The third-order valence-electron chi connectivity index (χ3n) is 7.40. The van der Waals surface area contributed by atoms with Crippen molar-refractivity contribution in [2.24, 2.45) is 11.3 Å². The van der Waals surface area contributed by atoms with Crippen molar-refractivity contribution >= 4 is 23.0 Å². The highest BCUT2D eigenvalue weighted by Crippen LogP contribution is 2.64. The smallest absolute Gasteiger partial charge is 0.155 e. The Morgan fingerprint density at radius 3 is 2.83 bits per heavy atom. The van der Waals surface area contributed by atoms with Crippen molar-refractivity contribution in [3.05, 3.63) is 34.9 Å². The van der Waals surface area contributed by atoms with E-state index < -0.39 is 0 Å². The molecule has 132 valence electrons. The quantitative estimate of drug-likeness (QED) is 0.412. The second kappa shape index (κ2) is 6.22. The Morgan fingerprint density at radius 1 is 1.25 bits per heavy atom. The van der Waals surface area contributed by atoms with Crippen molar-refractivity contribution in [1.82, 2.24) is 0 Å². The minimum Gasteiger partial charge on any atom is -0.393 e. The maximum absolute atomic E-state index is 10.6. The first-order chi connectivity index (χ1) is 11.5. The minimum atomic E-state index is -0.285. The lowest BCUT2D eigenvalue weighted by molar-refractivity contribution is -0.315. The molecule has 3 aliphatic carbocycles. The van der Waals surface area contributed by atoms with Gasteiger partial charge in [0.2, 0.25) is 0 Å². The molecule has 2 fully saturated rings. The topological polar surface area (TPSA) is 38.7 Å². The second-order valence-electron chi connectivity index (χ2n) is 8.23. The Kier molecular flexibility index (Phi) is 4.47. The summed E-state index contributed by atoms with van der Waals surface area (Å²) in [6.07, 6.45) is 6.99. The van der Waals surface area contributed by atoms with Gasteiger partial charge in [0.05, 0.1) is 6.10 Å². The number of aliphatic hydroxyl groups is 1. The van der Waals surface area contributed by atoms with Gasteiger partial charge in [-0.1, -0.05) is 32.0 Å². The van der Waals surface area contributed by atoms with Gasteiger partial charge in [-0.25, -0.2) is 4.89 Å². The summed E-state index contributed by atoms with van der Waals surface area (Å²) in [6, 6.07) is 7.00. The maximum atomic E-state index is 10.6. The lowest BCUT2D eigenvalue weighted by atomic mass is 9.53. The molecule has 0 bridgehead atoms. The summed E-state index contributed by atoms with van der Waals surface area (Å²) in [6.45, 7) is 4.48. The van der Waals surface area contributed by atoms with E-state index in [4.69, 9.17) is 8.10 Å². The van der Waals surface area contributed by atoms with Crippen LogP contribution < -0.4 is 0 Å². The van der Waals surface area contributed by atoms with Crippen molar-refractivity contribution < 1.29 is 13.2 Å². The molecule has 3 aliphatic rings. The molecule has 0 aromatic heterocycles. The van der Waals surface area contributed by atoms with Gasteiger partial charge in [-0.15, -0.1) is 0 Å². The lowest BCUT2D eigenvalue weighted by Crippen LogP contribution is -2.57. The van der Waals surface area contributed by atoms with E-state index in [1.807, 2.05) is 23.0 Å². The molecule has 0 amide bonds. The zero-order valence-electron chi connectivity index (χ0n) is 14.6. The largest absolute Gasteiger partial charge is 0.393 e. The summed E-state index contributed by atoms with van der Waals surface area (Å²) in [5, 5.41) is 10.6. The number of halogens is 1. The van der Waals surface area contributed by atoms with Crippen LogP contribution in [0, 0.1) is 11.3 Å². The zero-order chi connectivity index (χ0) is 16.9. The van der Waals surface area contributed by atoms with E-state index in [9.17, 15) is 5.11 Å². The predicted octanol–water partition coefficient (Wildman–Crippen LogP) is 4.89. The van der Waals surface area contributed by atoms with E-state index in [0.717, 1.165) is 44.9 Å². The van der Waals surface area contributed by atoms with Crippen LogP contribution in [0.4, 0.5) is 0 Å². The second-order valence-corrected chi connectivity index (χ2v) is 8.59. The molecular weight excluding hydrogens is 415 g/mol. The molecule has 0 spiro atoms. The number of benzene rings is 1. The van der Waals surface area contributed by atoms with Gasteiger partial charge in [0.1, 0.15) is 5.60 Å². The fraction of sp³-hybridized carbons (Fsp3) is 0.700. The molecule has 2 saturated carbocycles. The van der Waals surface area contributed by atoms with Crippen LogP contribution in [0.5, 0.6) is 0 Å². The van der Waals surface area contributed by atoms with Crippen molar-refractivity contribution in [3.8, 4) is 0 Å². The van der Waals surface area contributed by atoms with Gasteiger partial charge in [0.15, 0.2) is 23.0 Å². The Morgan fingerprint density at radius 2 is 2.08 bits per heavy atom. The first-order valence-corrected chi connectivity index (χ1v) is 10.2. The third-order valence-corrected chi connectivity index (χ3v) is 7.58. The lowest BCUT2D eigenvalue weighted by Gasteiger charge is -2.56. The monoisotopic (exact) mass is 442 g/mol. The van der Waals surface area contributed by atoms with E-state index >= 15 is 0 Å². The van der Waals surface area contributed by atoms with E-state index in [1.54, 1.807) is 0 Å². The summed E-state index contributed by atoms with van der Waals surface area (Å²) < 4.78 is 5.28. The molecule has 0 heterocycles. The van der Waals surface area contributed by atoms with Gasteiger partial charge < -0.3 is 5.11 Å². The third kappa shape index (κ3) is 2.32. The highest BCUT2D eigenvalue weighted by molar-refractivity contribution is 14.1. The summed E-state index contributed by atoms with van der Waals surface area (Å²) in [5.74, 6) is 0.748. The predicted molar refractivity (Wildman–Crippen MR) is 102 cm³/mol. The average Bonchev–Trinajstić information content (AvgIpc) is 2.90. The van der Waals surface area contributed by atoms with Crippen molar-refractivity contribution in [3.63, 3.8) is 0 Å². The fourth-order valence-electron chi connectivity index (χ4n) is 6.05. The van der Waals surface area contributed by atoms with Crippen LogP contribution in [0.1, 0.15) is 68.6 Å². The van der Waals surface area contributed by atoms with Gasteiger partial charge >= 0.3 is 0 Å². The number of aryl methyl sites for hydroxylation is 2. The molecule has 4 rings (SSSR count). The molecule has 5 unspecified atom stereocenters. The minimum absolute atomic E-state index is 0.0352. The number of fused-ring (bicyclic) bond motifs is 5. The van der Waals surface area contributed by atoms with Gasteiger partial charge in [-0.05, 0) is 73.0 Å². The molecule has 0 aliphatic heterocycles. The van der Waals surface area contributed by atoms with Crippen LogP contribution in [-0.2, 0) is 20.9 Å². The molecule has 1 aromatic carbocycles. The Hall–Kier alpha value is -0.170. The Balaban J connectivity index is 1.79. The van der Waals surface area contributed by atoms with Crippen molar-refractivity contribution in [1.29, 1.82) is 0 Å². The summed E-state index contributed by atoms with van der Waals surface area (Å²) in [4.78, 5) is 6.09. The van der Waals surface area contributed by atoms with Crippen LogP contribution in [0.25, 0.3) is 0 Å². The van der Waals surface area contributed by atoms with Crippen LogP contribution in [-0.4, -0.2) is 16.8 Å². The first-order valence-electron chi connectivity index (χ1n) is 9.31. The van der Waals surface area contributed by atoms with Crippen molar-refractivity contribution in [2.75, 3.05) is 0 Å². The van der Waals surface area contributed by atoms with Gasteiger partial charge in [-0.2, -0.15) is 3.22 Å². The normalized spacial score (nSPS) is 40.8. The number of rotatable bonds is 3. The molecular formula is C20H27IO3. The standard InChI is InChI=1S/C20H27IO3/c1-3-13-4-5-15-14(12-13)8-11-20(23-24-21)16(15)9-10-19(2)17(20)6-7-18(19)22/h4-5,12,16-18,22H,3,6-11H2,1-2H3. The zero-order valence-corrected chi connectivity index (χ0v) is 16.7. The molecule has 0 radical (unpaired) electrons. The van der Waals surface area contributed by atoms with Crippen molar-refractivity contribution in [2.45, 2.75) is 76.4 Å². The molecule has 0 saturated heterocycles. The summed E-state index contributed by atoms with van der Waals surface area (Å²) >= 11 is 1.86. The SMILES string of the molecule is CCc1ccc2c(c1)CCC1(OOI)C2CCC2(C)C(O)CCC21. The summed E-state index contributed by atoms with van der Waals surface area (Å²) in [7, 11) is 0. The van der Waals surface area contributed by atoms with E-state index in [1.165, 1.54) is 16.7 Å². The number of hydrogen-bond acceptors (Lipinski definition) is 3. The molecule has 1 N–H and O–H groups in total. The number of hydrogen-bond donors (Lipinski definition) is 1.